The smallest absolute Gasteiger partial charge is 0.0682 e. The lowest BCUT2D eigenvalue weighted by Gasteiger charge is -2.02. The number of hydrogen-bond acceptors (Lipinski definition) is 2. The standard InChI is InChI=1S/C12H14N2O/c15-8-10-3-4-12-11(5-10)6-13-14(12)7-9-1-2-9/h3-6,9,15H,1-2,7-8H2. The quantitative estimate of drug-likeness (QED) is 0.826. The molecule has 1 aromatic heterocycles. The number of aliphatic hydroxyl groups is 1. The topological polar surface area (TPSA) is 38.1 Å². The van der Waals surface area contributed by atoms with Gasteiger partial charge >= 0.3 is 0 Å². The first kappa shape index (κ1) is 8.92. The van der Waals surface area contributed by atoms with Gasteiger partial charge in [0, 0.05) is 11.9 Å². The Hall–Kier alpha value is -1.35. The maximum absolute atomic E-state index is 9.03. The minimum atomic E-state index is 0.101. The molecule has 3 nitrogen and oxygen atoms in total. The van der Waals surface area contributed by atoms with E-state index in [0.717, 1.165) is 23.4 Å². The predicted octanol–water partition coefficient (Wildman–Crippen LogP) is 1.94. The highest BCUT2D eigenvalue weighted by Gasteiger charge is 2.22. The zero-order chi connectivity index (χ0) is 10.3. The maximum Gasteiger partial charge on any atom is 0.0682 e. The van der Waals surface area contributed by atoms with Gasteiger partial charge in [0.05, 0.1) is 18.3 Å². The lowest BCUT2D eigenvalue weighted by Crippen LogP contribution is -2.00. The van der Waals surface area contributed by atoms with E-state index in [9.17, 15) is 0 Å². The van der Waals surface area contributed by atoms with E-state index in [1.165, 1.54) is 18.4 Å². The molecule has 0 bridgehead atoms. The van der Waals surface area contributed by atoms with Crippen LogP contribution >= 0.6 is 0 Å². The van der Waals surface area contributed by atoms with Crippen molar-refractivity contribution in [1.82, 2.24) is 9.78 Å². The molecule has 1 aliphatic carbocycles. The monoisotopic (exact) mass is 202 g/mol. The van der Waals surface area contributed by atoms with E-state index in [2.05, 4.69) is 15.8 Å². The van der Waals surface area contributed by atoms with Crippen LogP contribution < -0.4 is 0 Å². The molecule has 0 atom stereocenters. The Morgan fingerprint density at radius 1 is 1.40 bits per heavy atom. The zero-order valence-electron chi connectivity index (χ0n) is 8.56. The molecule has 0 unspecified atom stereocenters. The first-order valence-electron chi connectivity index (χ1n) is 5.42. The predicted molar refractivity (Wildman–Crippen MR) is 58.4 cm³/mol. The van der Waals surface area contributed by atoms with E-state index in [-0.39, 0.29) is 6.61 Å². The van der Waals surface area contributed by atoms with Crippen molar-refractivity contribution in [2.24, 2.45) is 5.92 Å². The van der Waals surface area contributed by atoms with Gasteiger partial charge in [-0.1, -0.05) is 6.07 Å². The van der Waals surface area contributed by atoms with Crippen LogP contribution in [0, 0.1) is 5.92 Å². The first-order chi connectivity index (χ1) is 7.36. The molecule has 78 valence electrons. The summed E-state index contributed by atoms with van der Waals surface area (Å²) in [7, 11) is 0. The van der Waals surface area contributed by atoms with Crippen LogP contribution in [0.5, 0.6) is 0 Å². The van der Waals surface area contributed by atoms with Crippen molar-refractivity contribution >= 4 is 10.9 Å². The fourth-order valence-electron chi connectivity index (χ4n) is 1.93. The van der Waals surface area contributed by atoms with Crippen LogP contribution in [0.2, 0.25) is 0 Å². The fourth-order valence-corrected chi connectivity index (χ4v) is 1.93. The second-order valence-electron chi connectivity index (χ2n) is 4.32. The summed E-state index contributed by atoms with van der Waals surface area (Å²) in [6.45, 7) is 1.14. The van der Waals surface area contributed by atoms with Crippen LogP contribution in [0.3, 0.4) is 0 Å². The summed E-state index contributed by atoms with van der Waals surface area (Å²) >= 11 is 0. The molecule has 3 rings (SSSR count). The van der Waals surface area contributed by atoms with Crippen molar-refractivity contribution in [3.8, 4) is 0 Å². The number of rotatable bonds is 3. The molecule has 0 amide bonds. The summed E-state index contributed by atoms with van der Waals surface area (Å²) in [4.78, 5) is 0. The molecule has 1 heterocycles. The van der Waals surface area contributed by atoms with Crippen LogP contribution in [0.15, 0.2) is 24.4 Å². The van der Waals surface area contributed by atoms with Gasteiger partial charge in [0.2, 0.25) is 0 Å². The molecule has 0 radical (unpaired) electrons. The molecule has 2 aromatic rings. The third-order valence-corrected chi connectivity index (χ3v) is 3.02. The molecule has 3 heteroatoms. The highest BCUT2D eigenvalue weighted by atomic mass is 16.3. The summed E-state index contributed by atoms with van der Waals surface area (Å²) in [5.74, 6) is 0.839. The van der Waals surface area contributed by atoms with Crippen molar-refractivity contribution in [1.29, 1.82) is 0 Å². The average molecular weight is 202 g/mol. The molecule has 1 fully saturated rings. The minimum absolute atomic E-state index is 0.101. The van der Waals surface area contributed by atoms with Crippen LogP contribution in [-0.2, 0) is 13.2 Å². The van der Waals surface area contributed by atoms with Gasteiger partial charge < -0.3 is 5.11 Å². The fraction of sp³-hybridized carbons (Fsp3) is 0.417. The van der Waals surface area contributed by atoms with Crippen molar-refractivity contribution in [3.05, 3.63) is 30.0 Å². The third kappa shape index (κ3) is 1.63. The lowest BCUT2D eigenvalue weighted by atomic mass is 10.2. The normalized spacial score (nSPS) is 16.1. The van der Waals surface area contributed by atoms with Gasteiger partial charge in [-0.3, -0.25) is 4.68 Å². The van der Waals surface area contributed by atoms with Gasteiger partial charge in [-0.05, 0) is 36.5 Å². The Balaban J connectivity index is 2.01. The SMILES string of the molecule is OCc1ccc2c(cnn2CC2CC2)c1. The molecular weight excluding hydrogens is 188 g/mol. The Morgan fingerprint density at radius 3 is 3.00 bits per heavy atom. The largest absolute Gasteiger partial charge is 0.392 e. The van der Waals surface area contributed by atoms with Crippen molar-refractivity contribution in [2.45, 2.75) is 26.0 Å². The number of aromatic nitrogens is 2. The molecule has 0 saturated heterocycles. The van der Waals surface area contributed by atoms with Crippen LogP contribution in [0.4, 0.5) is 0 Å². The number of hydrogen-bond donors (Lipinski definition) is 1. The summed E-state index contributed by atoms with van der Waals surface area (Å²) in [6.07, 6.45) is 4.57. The number of benzene rings is 1. The second-order valence-corrected chi connectivity index (χ2v) is 4.32. The Morgan fingerprint density at radius 2 is 2.27 bits per heavy atom. The number of fused-ring (bicyclic) bond motifs is 1. The molecule has 0 aliphatic heterocycles. The Labute approximate surface area is 88.3 Å². The molecule has 1 saturated carbocycles. The van der Waals surface area contributed by atoms with Crippen LogP contribution in [0.1, 0.15) is 18.4 Å². The zero-order valence-corrected chi connectivity index (χ0v) is 8.56. The van der Waals surface area contributed by atoms with Gasteiger partial charge in [0.1, 0.15) is 0 Å². The average Bonchev–Trinajstić information content (AvgIpc) is 2.99. The van der Waals surface area contributed by atoms with Crippen LogP contribution in [0.25, 0.3) is 10.9 Å². The van der Waals surface area contributed by atoms with E-state index in [0.29, 0.717) is 0 Å². The number of nitrogens with zero attached hydrogens (tertiary/aromatic N) is 2. The van der Waals surface area contributed by atoms with E-state index in [1.807, 2.05) is 18.3 Å². The Kier molecular flexibility index (Phi) is 1.99. The molecule has 1 N–H and O–H groups in total. The van der Waals surface area contributed by atoms with E-state index in [1.54, 1.807) is 0 Å². The van der Waals surface area contributed by atoms with Gasteiger partial charge in [0.15, 0.2) is 0 Å². The molecule has 15 heavy (non-hydrogen) atoms. The first-order valence-corrected chi connectivity index (χ1v) is 5.42. The molecule has 0 spiro atoms. The maximum atomic E-state index is 9.03. The molecule has 1 aliphatic rings. The summed E-state index contributed by atoms with van der Waals surface area (Å²) < 4.78 is 2.08. The molecule has 1 aromatic carbocycles. The summed E-state index contributed by atoms with van der Waals surface area (Å²) in [6, 6.07) is 6.02. The third-order valence-electron chi connectivity index (χ3n) is 3.02. The number of aliphatic hydroxyl groups excluding tert-OH is 1. The second kappa shape index (κ2) is 3.35. The van der Waals surface area contributed by atoms with Gasteiger partial charge in [-0.25, -0.2) is 0 Å². The molecular formula is C12H14N2O. The van der Waals surface area contributed by atoms with Gasteiger partial charge in [0.25, 0.3) is 0 Å². The van der Waals surface area contributed by atoms with E-state index < -0.39 is 0 Å². The van der Waals surface area contributed by atoms with E-state index in [4.69, 9.17) is 5.11 Å². The lowest BCUT2D eigenvalue weighted by molar-refractivity contribution is 0.282. The van der Waals surface area contributed by atoms with Crippen molar-refractivity contribution in [2.75, 3.05) is 0 Å². The van der Waals surface area contributed by atoms with Gasteiger partial charge in [-0.2, -0.15) is 5.10 Å². The highest BCUT2D eigenvalue weighted by Crippen LogP contribution is 2.31. The highest BCUT2D eigenvalue weighted by molar-refractivity contribution is 5.79. The van der Waals surface area contributed by atoms with Crippen molar-refractivity contribution in [3.63, 3.8) is 0 Å². The van der Waals surface area contributed by atoms with E-state index >= 15 is 0 Å². The summed E-state index contributed by atoms with van der Waals surface area (Å²) in [5.41, 5.74) is 2.13. The minimum Gasteiger partial charge on any atom is -0.392 e. The van der Waals surface area contributed by atoms with Crippen LogP contribution in [-0.4, -0.2) is 14.9 Å². The Bertz CT molecular complexity index is 485. The van der Waals surface area contributed by atoms with Crippen molar-refractivity contribution < 1.29 is 5.11 Å². The summed E-state index contributed by atoms with van der Waals surface area (Å²) in [5, 5.41) is 14.5. The van der Waals surface area contributed by atoms with Gasteiger partial charge in [-0.15, -0.1) is 0 Å².